The number of rotatable bonds is 5. The van der Waals surface area contributed by atoms with Gasteiger partial charge in [-0.1, -0.05) is 13.8 Å². The third-order valence-electron chi connectivity index (χ3n) is 5.23. The average Bonchev–Trinajstić information content (AvgIpc) is 2.86. The number of hydrogen-bond donors (Lipinski definition) is 1. The third kappa shape index (κ3) is 4.79. The van der Waals surface area contributed by atoms with E-state index in [-0.39, 0.29) is 11.8 Å². The van der Waals surface area contributed by atoms with Gasteiger partial charge in [0, 0.05) is 39.1 Å². The van der Waals surface area contributed by atoms with Crippen LogP contribution in [0.25, 0.3) is 0 Å². The number of nitrogens with zero attached hydrogens (tertiary/aromatic N) is 5. The molecule has 0 aromatic carbocycles. The van der Waals surface area contributed by atoms with Crippen LogP contribution in [0.2, 0.25) is 0 Å². The van der Waals surface area contributed by atoms with Crippen LogP contribution >= 0.6 is 0 Å². The van der Waals surface area contributed by atoms with E-state index in [1.165, 1.54) is 0 Å². The summed E-state index contributed by atoms with van der Waals surface area (Å²) < 4.78 is 2.20. The smallest absolute Gasteiger partial charge is 0.224 e. The van der Waals surface area contributed by atoms with Crippen molar-refractivity contribution in [2.75, 3.05) is 39.8 Å². The second-order valence-electron chi connectivity index (χ2n) is 7.95. The zero-order valence-electron chi connectivity index (χ0n) is 15.9. The van der Waals surface area contributed by atoms with Gasteiger partial charge in [0.15, 0.2) is 5.82 Å². The van der Waals surface area contributed by atoms with Gasteiger partial charge in [-0.25, -0.2) is 0 Å². The van der Waals surface area contributed by atoms with Gasteiger partial charge in [-0.3, -0.25) is 4.79 Å². The molecule has 1 fully saturated rings. The molecule has 25 heavy (non-hydrogen) atoms. The molecule has 1 unspecified atom stereocenters. The molecule has 3 heterocycles. The van der Waals surface area contributed by atoms with Crippen LogP contribution in [-0.4, -0.2) is 70.2 Å². The van der Waals surface area contributed by atoms with E-state index >= 15 is 0 Å². The summed E-state index contributed by atoms with van der Waals surface area (Å²) in [5.41, 5.74) is 0. The lowest BCUT2D eigenvalue weighted by Crippen LogP contribution is -2.41. The van der Waals surface area contributed by atoms with Crippen molar-refractivity contribution in [2.45, 2.75) is 46.2 Å². The molecule has 1 saturated heterocycles. The van der Waals surface area contributed by atoms with E-state index in [1.54, 1.807) is 0 Å². The van der Waals surface area contributed by atoms with Crippen molar-refractivity contribution in [3.05, 3.63) is 11.6 Å². The maximum atomic E-state index is 12.4. The van der Waals surface area contributed by atoms with E-state index in [4.69, 9.17) is 0 Å². The highest BCUT2D eigenvalue weighted by Gasteiger charge is 2.25. The van der Waals surface area contributed by atoms with Crippen molar-refractivity contribution in [2.24, 2.45) is 11.8 Å². The minimum Gasteiger partial charge on any atom is -0.349 e. The lowest BCUT2D eigenvalue weighted by Gasteiger charge is -2.28. The standard InChI is InChI=1S/C18H32N6O/c1-14(2)12-23-8-6-16-20-21-17(24(16)10-9-23)11-19-18(25)15-5-4-7-22(3)13-15/h14-15H,4-13H2,1-3H3,(H,19,25). The Balaban J connectivity index is 1.55. The minimum atomic E-state index is 0.104. The Labute approximate surface area is 150 Å². The van der Waals surface area contributed by atoms with Crippen LogP contribution in [0.5, 0.6) is 0 Å². The molecule has 1 aromatic rings. The summed E-state index contributed by atoms with van der Waals surface area (Å²) in [6, 6.07) is 0. The highest BCUT2D eigenvalue weighted by atomic mass is 16.1. The summed E-state index contributed by atoms with van der Waals surface area (Å²) >= 11 is 0. The van der Waals surface area contributed by atoms with Crippen LogP contribution in [-0.2, 0) is 24.3 Å². The second-order valence-corrected chi connectivity index (χ2v) is 7.95. The second kappa shape index (κ2) is 8.27. The number of piperidine rings is 1. The van der Waals surface area contributed by atoms with Crippen molar-refractivity contribution in [1.29, 1.82) is 0 Å². The Morgan fingerprint density at radius 2 is 2.08 bits per heavy atom. The van der Waals surface area contributed by atoms with E-state index in [0.29, 0.717) is 12.5 Å². The lowest BCUT2D eigenvalue weighted by molar-refractivity contribution is -0.126. The number of carbonyl (C=O) groups excluding carboxylic acids is 1. The Hall–Kier alpha value is -1.47. The number of aromatic nitrogens is 3. The van der Waals surface area contributed by atoms with Crippen LogP contribution in [0.15, 0.2) is 0 Å². The molecule has 1 amide bonds. The average molecular weight is 348 g/mol. The molecule has 3 rings (SSSR count). The number of amides is 1. The Kier molecular flexibility index (Phi) is 6.06. The predicted molar refractivity (Wildman–Crippen MR) is 97.1 cm³/mol. The van der Waals surface area contributed by atoms with Gasteiger partial charge in [0.2, 0.25) is 5.91 Å². The molecule has 0 aliphatic carbocycles. The molecule has 1 aromatic heterocycles. The van der Waals surface area contributed by atoms with Crippen molar-refractivity contribution >= 4 is 5.91 Å². The van der Waals surface area contributed by atoms with Gasteiger partial charge in [0.25, 0.3) is 0 Å². The minimum absolute atomic E-state index is 0.104. The van der Waals surface area contributed by atoms with Gasteiger partial charge < -0.3 is 19.7 Å². The number of fused-ring (bicyclic) bond motifs is 1. The van der Waals surface area contributed by atoms with Crippen molar-refractivity contribution in [3.63, 3.8) is 0 Å². The van der Waals surface area contributed by atoms with Gasteiger partial charge in [-0.15, -0.1) is 10.2 Å². The molecule has 0 saturated carbocycles. The summed E-state index contributed by atoms with van der Waals surface area (Å²) in [4.78, 5) is 17.2. The molecule has 0 radical (unpaired) electrons. The van der Waals surface area contributed by atoms with E-state index in [9.17, 15) is 4.79 Å². The normalized spacial score (nSPS) is 22.6. The number of carbonyl (C=O) groups is 1. The fourth-order valence-corrected chi connectivity index (χ4v) is 3.95. The Bertz CT molecular complexity index is 584. The first-order valence-corrected chi connectivity index (χ1v) is 9.62. The SMILES string of the molecule is CC(C)CN1CCc2nnc(CNC(=O)C3CCCN(C)C3)n2CC1. The monoisotopic (exact) mass is 348 g/mol. The van der Waals surface area contributed by atoms with E-state index in [1.807, 2.05) is 0 Å². The molecule has 1 N–H and O–H groups in total. The van der Waals surface area contributed by atoms with Crippen LogP contribution in [0.3, 0.4) is 0 Å². The first-order valence-electron chi connectivity index (χ1n) is 9.62. The first-order chi connectivity index (χ1) is 12.0. The lowest BCUT2D eigenvalue weighted by atomic mass is 9.98. The van der Waals surface area contributed by atoms with Crippen molar-refractivity contribution < 1.29 is 4.79 Å². The summed E-state index contributed by atoms with van der Waals surface area (Å²) in [5, 5.41) is 11.8. The topological polar surface area (TPSA) is 66.3 Å². The van der Waals surface area contributed by atoms with Crippen LogP contribution < -0.4 is 5.32 Å². The highest BCUT2D eigenvalue weighted by Crippen LogP contribution is 2.16. The fourth-order valence-electron chi connectivity index (χ4n) is 3.95. The van der Waals surface area contributed by atoms with Gasteiger partial charge in [0.05, 0.1) is 12.5 Å². The first kappa shape index (κ1) is 18.3. The third-order valence-corrected chi connectivity index (χ3v) is 5.23. The van der Waals surface area contributed by atoms with E-state index in [2.05, 4.69) is 50.8 Å². The molecular weight excluding hydrogens is 316 g/mol. The van der Waals surface area contributed by atoms with Gasteiger partial charge in [-0.05, 0) is 32.4 Å². The number of nitrogens with one attached hydrogen (secondary N) is 1. The van der Waals surface area contributed by atoms with Crippen molar-refractivity contribution in [3.8, 4) is 0 Å². The molecule has 7 nitrogen and oxygen atoms in total. The molecule has 2 aliphatic rings. The van der Waals surface area contributed by atoms with E-state index in [0.717, 1.165) is 70.2 Å². The molecule has 2 aliphatic heterocycles. The van der Waals surface area contributed by atoms with E-state index < -0.39 is 0 Å². The molecular formula is C18H32N6O. The van der Waals surface area contributed by atoms with Gasteiger partial charge >= 0.3 is 0 Å². The quantitative estimate of drug-likeness (QED) is 0.851. The fraction of sp³-hybridized carbons (Fsp3) is 0.833. The molecule has 140 valence electrons. The van der Waals surface area contributed by atoms with Crippen LogP contribution in [0.1, 0.15) is 38.3 Å². The molecule has 7 heteroatoms. The number of hydrogen-bond acceptors (Lipinski definition) is 5. The summed E-state index contributed by atoms with van der Waals surface area (Å²) in [5.74, 6) is 2.87. The summed E-state index contributed by atoms with van der Waals surface area (Å²) in [7, 11) is 2.08. The highest BCUT2D eigenvalue weighted by molar-refractivity contribution is 5.78. The molecule has 0 spiro atoms. The van der Waals surface area contributed by atoms with Gasteiger partial charge in [-0.2, -0.15) is 0 Å². The van der Waals surface area contributed by atoms with Crippen molar-refractivity contribution in [1.82, 2.24) is 29.9 Å². The predicted octanol–water partition coefficient (Wildman–Crippen LogP) is 0.750. The van der Waals surface area contributed by atoms with Crippen LogP contribution in [0, 0.1) is 11.8 Å². The zero-order chi connectivity index (χ0) is 17.8. The maximum absolute atomic E-state index is 12.4. The number of likely N-dealkylation sites (tertiary alicyclic amines) is 1. The molecule has 1 atom stereocenters. The van der Waals surface area contributed by atoms with Gasteiger partial charge in [0.1, 0.15) is 5.82 Å². The molecule has 0 bridgehead atoms. The Morgan fingerprint density at radius 1 is 1.24 bits per heavy atom. The summed E-state index contributed by atoms with van der Waals surface area (Å²) in [6.07, 6.45) is 3.01. The largest absolute Gasteiger partial charge is 0.349 e. The Morgan fingerprint density at radius 3 is 2.84 bits per heavy atom. The summed E-state index contributed by atoms with van der Waals surface area (Å²) in [6.45, 7) is 11.0. The van der Waals surface area contributed by atoms with Crippen LogP contribution in [0.4, 0.5) is 0 Å². The zero-order valence-corrected chi connectivity index (χ0v) is 15.9. The maximum Gasteiger partial charge on any atom is 0.224 e.